The average Bonchev–Trinajstić information content (AvgIpc) is 2.14. The molecule has 0 bridgehead atoms. The highest BCUT2D eigenvalue weighted by Crippen LogP contribution is 2.28. The van der Waals surface area contributed by atoms with E-state index in [1.807, 2.05) is 0 Å². The van der Waals surface area contributed by atoms with E-state index in [0.29, 0.717) is 23.9 Å². The number of likely N-dealkylation sites (N-methyl/N-ethyl adjacent to an activating group) is 1. The van der Waals surface area contributed by atoms with E-state index in [2.05, 4.69) is 46.7 Å². The molecule has 1 amide bonds. The van der Waals surface area contributed by atoms with E-state index in [-0.39, 0.29) is 5.91 Å². The minimum absolute atomic E-state index is 0.238. The van der Waals surface area contributed by atoms with E-state index in [9.17, 15) is 4.79 Å². The second-order valence-electron chi connectivity index (χ2n) is 6.85. The molecule has 0 aromatic rings. The zero-order chi connectivity index (χ0) is 13.4. The first-order valence-corrected chi connectivity index (χ1v) is 6.76. The van der Waals surface area contributed by atoms with Crippen molar-refractivity contribution in [2.75, 3.05) is 27.2 Å². The summed E-state index contributed by atoms with van der Waals surface area (Å²) in [5, 5.41) is 0. The molecule has 1 heterocycles. The monoisotopic (exact) mass is 241 g/mol. The van der Waals surface area contributed by atoms with Gasteiger partial charge in [-0.2, -0.15) is 0 Å². The van der Waals surface area contributed by atoms with Crippen molar-refractivity contribution in [3.63, 3.8) is 0 Å². The average molecular weight is 241 g/mol. The summed E-state index contributed by atoms with van der Waals surface area (Å²) in [7, 11) is 4.56. The molecular formula is C14H29N2O+. The molecule has 100 valence electrons. The summed E-state index contributed by atoms with van der Waals surface area (Å²) in [5.41, 5.74) is 0. The summed E-state index contributed by atoms with van der Waals surface area (Å²) in [6, 6.07) is 0.757. The lowest BCUT2D eigenvalue weighted by molar-refractivity contribution is -0.901. The van der Waals surface area contributed by atoms with Crippen LogP contribution in [0.3, 0.4) is 0 Å². The van der Waals surface area contributed by atoms with Gasteiger partial charge in [-0.05, 0) is 11.8 Å². The highest BCUT2D eigenvalue weighted by molar-refractivity contribution is 5.74. The number of carbonyl (C=O) groups excluding carboxylic acids is 1. The highest BCUT2D eigenvalue weighted by Gasteiger charge is 2.43. The molecule has 1 fully saturated rings. The predicted octanol–water partition coefficient (Wildman–Crippen LogP) is 1.97. The van der Waals surface area contributed by atoms with Crippen LogP contribution in [-0.4, -0.2) is 54.6 Å². The van der Waals surface area contributed by atoms with Crippen LogP contribution in [0.2, 0.25) is 0 Å². The van der Waals surface area contributed by atoms with Gasteiger partial charge in [0.15, 0.2) is 0 Å². The zero-order valence-electron chi connectivity index (χ0n) is 12.5. The van der Waals surface area contributed by atoms with Gasteiger partial charge in [-0.3, -0.25) is 4.79 Å². The molecule has 2 atom stereocenters. The minimum Gasteiger partial charge on any atom is -0.325 e. The number of hydrogen-bond acceptors (Lipinski definition) is 1. The van der Waals surface area contributed by atoms with Crippen LogP contribution < -0.4 is 0 Å². The number of nitrogens with zero attached hydrogens (tertiary/aromatic N) is 2. The number of quaternary nitrogens is 1. The Morgan fingerprint density at radius 1 is 1.06 bits per heavy atom. The fourth-order valence-corrected chi connectivity index (χ4v) is 3.04. The van der Waals surface area contributed by atoms with E-state index in [4.69, 9.17) is 0 Å². The second kappa shape index (κ2) is 4.97. The molecule has 2 unspecified atom stereocenters. The summed E-state index contributed by atoms with van der Waals surface area (Å²) in [6.07, 6.45) is 0. The van der Waals surface area contributed by atoms with Crippen molar-refractivity contribution in [2.24, 2.45) is 11.8 Å². The number of hydrogen-bond donors (Lipinski definition) is 0. The molecule has 17 heavy (non-hydrogen) atoms. The Bertz CT molecular complexity index is 264. The smallest absolute Gasteiger partial charge is 0.220 e. The van der Waals surface area contributed by atoms with Crippen LogP contribution >= 0.6 is 0 Å². The summed E-state index contributed by atoms with van der Waals surface area (Å²) in [5.74, 6) is 1.29. The van der Waals surface area contributed by atoms with E-state index in [1.165, 1.54) is 0 Å². The fourth-order valence-electron chi connectivity index (χ4n) is 3.04. The van der Waals surface area contributed by atoms with Gasteiger partial charge in [0.2, 0.25) is 5.91 Å². The van der Waals surface area contributed by atoms with Gasteiger partial charge >= 0.3 is 0 Å². The van der Waals surface area contributed by atoms with Crippen molar-refractivity contribution in [2.45, 2.75) is 46.7 Å². The number of carbonyl (C=O) groups is 1. The van der Waals surface area contributed by atoms with Crippen molar-refractivity contribution in [3.05, 3.63) is 0 Å². The van der Waals surface area contributed by atoms with E-state index in [0.717, 1.165) is 17.6 Å². The molecule has 0 saturated carbocycles. The number of piperazine rings is 1. The third kappa shape index (κ3) is 3.21. The van der Waals surface area contributed by atoms with E-state index >= 15 is 0 Å². The Morgan fingerprint density at radius 2 is 1.41 bits per heavy atom. The van der Waals surface area contributed by atoms with E-state index in [1.54, 1.807) is 6.92 Å². The quantitative estimate of drug-likeness (QED) is 0.677. The zero-order valence-corrected chi connectivity index (χ0v) is 12.5. The van der Waals surface area contributed by atoms with Crippen molar-refractivity contribution in [1.29, 1.82) is 0 Å². The summed E-state index contributed by atoms with van der Waals surface area (Å²) < 4.78 is 1.02. The first-order valence-electron chi connectivity index (χ1n) is 6.76. The van der Waals surface area contributed by atoms with Gasteiger partial charge in [0, 0.05) is 6.92 Å². The van der Waals surface area contributed by atoms with Crippen molar-refractivity contribution >= 4 is 5.91 Å². The Kier molecular flexibility index (Phi) is 4.23. The summed E-state index contributed by atoms with van der Waals surface area (Å²) >= 11 is 0. The predicted molar refractivity (Wildman–Crippen MR) is 71.6 cm³/mol. The number of rotatable bonds is 2. The van der Waals surface area contributed by atoms with Crippen LogP contribution in [-0.2, 0) is 4.79 Å². The highest BCUT2D eigenvalue weighted by atomic mass is 16.2. The second-order valence-corrected chi connectivity index (χ2v) is 6.85. The van der Waals surface area contributed by atoms with E-state index < -0.39 is 0 Å². The summed E-state index contributed by atoms with van der Waals surface area (Å²) in [4.78, 5) is 14.1. The van der Waals surface area contributed by atoms with Gasteiger partial charge in [0.05, 0.1) is 39.3 Å². The van der Waals surface area contributed by atoms with Gasteiger partial charge in [-0.15, -0.1) is 0 Å². The lowest BCUT2D eigenvalue weighted by Crippen LogP contribution is -2.67. The molecule has 1 saturated heterocycles. The van der Waals surface area contributed by atoms with Crippen LogP contribution in [0.25, 0.3) is 0 Å². The first kappa shape index (κ1) is 14.5. The molecule has 1 rings (SSSR count). The SMILES string of the molecule is CC(=O)N1C(C(C)C)C[N+](C)(C)CC1C(C)C. The minimum atomic E-state index is 0.238. The van der Waals surface area contributed by atoms with Crippen LogP contribution in [0.5, 0.6) is 0 Å². The lowest BCUT2D eigenvalue weighted by atomic mass is 9.90. The van der Waals surface area contributed by atoms with Gasteiger partial charge < -0.3 is 9.38 Å². The van der Waals surface area contributed by atoms with Gasteiger partial charge in [-0.25, -0.2) is 0 Å². The van der Waals surface area contributed by atoms with Crippen molar-refractivity contribution in [3.8, 4) is 0 Å². The molecule has 3 nitrogen and oxygen atoms in total. The number of amides is 1. The maximum atomic E-state index is 12.0. The Morgan fingerprint density at radius 3 is 1.65 bits per heavy atom. The molecule has 0 aromatic carbocycles. The molecule has 0 aliphatic carbocycles. The van der Waals surface area contributed by atoms with Crippen LogP contribution in [0.15, 0.2) is 0 Å². The Labute approximate surface area is 106 Å². The molecule has 1 aliphatic heterocycles. The maximum absolute atomic E-state index is 12.0. The maximum Gasteiger partial charge on any atom is 0.220 e. The fraction of sp³-hybridized carbons (Fsp3) is 0.929. The molecule has 1 aliphatic rings. The Hall–Kier alpha value is -0.570. The normalized spacial score (nSPS) is 28.9. The third-order valence-corrected chi connectivity index (χ3v) is 3.98. The van der Waals surface area contributed by atoms with Gasteiger partial charge in [-0.1, -0.05) is 27.7 Å². The Balaban J connectivity index is 3.05. The first-order chi connectivity index (χ1) is 7.65. The van der Waals surface area contributed by atoms with Gasteiger partial charge in [0.1, 0.15) is 0 Å². The molecule has 0 radical (unpaired) electrons. The van der Waals surface area contributed by atoms with Crippen LogP contribution in [0, 0.1) is 11.8 Å². The largest absolute Gasteiger partial charge is 0.325 e. The lowest BCUT2D eigenvalue weighted by Gasteiger charge is -2.51. The van der Waals surface area contributed by atoms with Crippen molar-refractivity contribution in [1.82, 2.24) is 4.90 Å². The molecule has 0 aromatic heterocycles. The topological polar surface area (TPSA) is 20.3 Å². The van der Waals surface area contributed by atoms with Crippen molar-refractivity contribution < 1.29 is 9.28 Å². The molecule has 0 spiro atoms. The molecule has 0 N–H and O–H groups in total. The molecule has 3 heteroatoms. The molecular weight excluding hydrogens is 212 g/mol. The third-order valence-electron chi connectivity index (χ3n) is 3.98. The van der Waals surface area contributed by atoms with Gasteiger partial charge in [0.25, 0.3) is 0 Å². The standard InChI is InChI=1S/C14H29N2O/c1-10(2)13-8-16(6,7)9-14(11(3)4)15(13)12(5)17/h10-11,13-14H,8-9H2,1-7H3/q+1. The summed E-state index contributed by atoms with van der Waals surface area (Å²) in [6.45, 7) is 12.8. The van der Waals surface area contributed by atoms with Crippen LogP contribution in [0.4, 0.5) is 0 Å². The van der Waals surface area contributed by atoms with Crippen LogP contribution in [0.1, 0.15) is 34.6 Å².